The molecule has 1 amide bonds. The fourth-order valence-electron chi connectivity index (χ4n) is 3.34. The predicted molar refractivity (Wildman–Crippen MR) is 132 cm³/mol. The number of anilines is 1. The molecule has 0 radical (unpaired) electrons. The molecule has 8 heteroatoms. The van der Waals surface area contributed by atoms with Crippen molar-refractivity contribution < 1.29 is 17.9 Å². The van der Waals surface area contributed by atoms with Crippen LogP contribution >= 0.6 is 11.6 Å². The summed E-state index contributed by atoms with van der Waals surface area (Å²) in [5, 5.41) is 3.45. The molecule has 0 aliphatic carbocycles. The Morgan fingerprint density at radius 3 is 2.24 bits per heavy atom. The normalized spacial score (nSPS) is 12.1. The Balaban J connectivity index is 1.73. The zero-order valence-electron chi connectivity index (χ0n) is 18.8. The lowest BCUT2D eigenvalue weighted by atomic mass is 10.1. The zero-order valence-corrected chi connectivity index (χ0v) is 20.4. The first-order chi connectivity index (χ1) is 15.7. The number of nitrogens with one attached hydrogen (secondary N) is 1. The Morgan fingerprint density at radius 2 is 1.67 bits per heavy atom. The average molecular weight is 487 g/mol. The monoisotopic (exact) mass is 486 g/mol. The van der Waals surface area contributed by atoms with E-state index in [1.54, 1.807) is 48.5 Å². The quantitative estimate of drug-likeness (QED) is 0.451. The number of halogens is 1. The van der Waals surface area contributed by atoms with Crippen molar-refractivity contribution in [1.82, 2.24) is 5.32 Å². The summed E-state index contributed by atoms with van der Waals surface area (Å²) < 4.78 is 31.6. The van der Waals surface area contributed by atoms with Crippen molar-refractivity contribution in [2.75, 3.05) is 17.2 Å². The van der Waals surface area contributed by atoms with E-state index in [9.17, 15) is 13.2 Å². The van der Waals surface area contributed by atoms with E-state index in [0.717, 1.165) is 17.6 Å². The van der Waals surface area contributed by atoms with Crippen molar-refractivity contribution in [1.29, 1.82) is 0 Å². The molecule has 3 aromatic carbocycles. The van der Waals surface area contributed by atoms with Crippen LogP contribution in [0.2, 0.25) is 5.02 Å². The molecule has 174 valence electrons. The van der Waals surface area contributed by atoms with E-state index >= 15 is 0 Å². The molecule has 0 fully saturated rings. The molecule has 0 aromatic heterocycles. The minimum Gasteiger partial charge on any atom is -0.494 e. The van der Waals surface area contributed by atoms with Crippen LogP contribution in [0.1, 0.15) is 41.4 Å². The molecule has 0 spiro atoms. The summed E-state index contributed by atoms with van der Waals surface area (Å²) in [6, 6.07) is 20.9. The SMILES string of the molecule is CCOc1ccc([C@H](C)NC(=O)c2ccc(N(Cc3ccccc3Cl)S(C)(=O)=O)cc2)cc1. The van der Waals surface area contributed by atoms with Gasteiger partial charge in [0, 0.05) is 10.6 Å². The second kappa shape index (κ2) is 10.7. The van der Waals surface area contributed by atoms with Gasteiger partial charge in [-0.15, -0.1) is 0 Å². The molecule has 1 atom stereocenters. The van der Waals surface area contributed by atoms with Gasteiger partial charge in [-0.25, -0.2) is 8.42 Å². The van der Waals surface area contributed by atoms with E-state index in [2.05, 4.69) is 5.32 Å². The third kappa shape index (κ3) is 6.49. The second-order valence-corrected chi connectivity index (χ2v) is 9.92. The zero-order chi connectivity index (χ0) is 24.0. The summed E-state index contributed by atoms with van der Waals surface area (Å²) in [7, 11) is -3.56. The molecular weight excluding hydrogens is 460 g/mol. The van der Waals surface area contributed by atoms with Crippen LogP contribution in [0.5, 0.6) is 5.75 Å². The molecule has 33 heavy (non-hydrogen) atoms. The fraction of sp³-hybridized carbons (Fsp3) is 0.240. The van der Waals surface area contributed by atoms with Crippen LogP contribution in [0.3, 0.4) is 0 Å². The van der Waals surface area contributed by atoms with Gasteiger partial charge in [0.05, 0.1) is 31.1 Å². The summed E-state index contributed by atoms with van der Waals surface area (Å²) in [5.74, 6) is 0.530. The minimum absolute atomic E-state index is 0.0961. The molecule has 0 heterocycles. The van der Waals surface area contributed by atoms with E-state index in [1.165, 1.54) is 4.31 Å². The van der Waals surface area contributed by atoms with Gasteiger partial charge in [0.1, 0.15) is 5.75 Å². The Hall–Kier alpha value is -3.03. The number of ether oxygens (including phenoxy) is 1. The first-order valence-electron chi connectivity index (χ1n) is 10.5. The summed E-state index contributed by atoms with van der Waals surface area (Å²) in [6.45, 7) is 4.51. The summed E-state index contributed by atoms with van der Waals surface area (Å²) >= 11 is 6.21. The molecule has 6 nitrogen and oxygen atoms in total. The molecule has 3 aromatic rings. The van der Waals surface area contributed by atoms with Crippen molar-refractivity contribution in [3.63, 3.8) is 0 Å². The van der Waals surface area contributed by atoms with Crippen molar-refractivity contribution >= 4 is 33.2 Å². The van der Waals surface area contributed by atoms with Gasteiger partial charge < -0.3 is 10.1 Å². The Kier molecular flexibility index (Phi) is 8.00. The van der Waals surface area contributed by atoms with Crippen LogP contribution in [-0.4, -0.2) is 27.2 Å². The molecule has 0 aliphatic rings. The lowest BCUT2D eigenvalue weighted by Gasteiger charge is -2.23. The molecule has 0 aliphatic heterocycles. The summed E-state index contributed by atoms with van der Waals surface area (Å²) in [4.78, 5) is 12.7. The van der Waals surface area contributed by atoms with Crippen LogP contribution in [-0.2, 0) is 16.6 Å². The number of hydrogen-bond acceptors (Lipinski definition) is 4. The van der Waals surface area contributed by atoms with Gasteiger partial charge in [0.25, 0.3) is 5.91 Å². The first-order valence-corrected chi connectivity index (χ1v) is 12.8. The van der Waals surface area contributed by atoms with Crippen LogP contribution in [0.15, 0.2) is 72.8 Å². The highest BCUT2D eigenvalue weighted by atomic mass is 35.5. The topological polar surface area (TPSA) is 75.7 Å². The van der Waals surface area contributed by atoms with Gasteiger partial charge in [-0.1, -0.05) is 41.9 Å². The van der Waals surface area contributed by atoms with Crippen molar-refractivity contribution in [3.8, 4) is 5.75 Å². The lowest BCUT2D eigenvalue weighted by Crippen LogP contribution is -2.30. The number of carbonyl (C=O) groups excluding carboxylic acids is 1. The predicted octanol–water partition coefficient (Wildman–Crippen LogP) is 5.20. The van der Waals surface area contributed by atoms with E-state index in [4.69, 9.17) is 16.3 Å². The Bertz CT molecular complexity index is 1200. The van der Waals surface area contributed by atoms with Gasteiger partial charge in [0.2, 0.25) is 10.0 Å². The van der Waals surface area contributed by atoms with Gasteiger partial charge in [0.15, 0.2) is 0 Å². The van der Waals surface area contributed by atoms with Crippen molar-refractivity contribution in [2.45, 2.75) is 26.4 Å². The maximum absolute atomic E-state index is 12.7. The lowest BCUT2D eigenvalue weighted by molar-refractivity contribution is 0.0940. The van der Waals surface area contributed by atoms with Gasteiger partial charge >= 0.3 is 0 Å². The summed E-state index contributed by atoms with van der Waals surface area (Å²) in [6.07, 6.45) is 1.14. The number of benzene rings is 3. The highest BCUT2D eigenvalue weighted by Gasteiger charge is 2.20. The van der Waals surface area contributed by atoms with E-state index in [1.807, 2.05) is 38.1 Å². The first kappa shape index (κ1) is 24.6. The number of amides is 1. The standard InChI is InChI=1S/C25H27ClN2O4S/c1-4-32-23-15-11-19(12-16-23)18(2)27-25(29)20-9-13-22(14-10-20)28(33(3,30)31)17-21-7-5-6-8-24(21)26/h5-16,18H,4,17H2,1-3H3,(H,27,29)/t18-/m0/s1. The number of rotatable bonds is 9. The highest BCUT2D eigenvalue weighted by molar-refractivity contribution is 7.92. The maximum Gasteiger partial charge on any atom is 0.251 e. The van der Waals surface area contributed by atoms with E-state index in [-0.39, 0.29) is 18.5 Å². The molecular formula is C25H27ClN2O4S. The average Bonchev–Trinajstić information content (AvgIpc) is 2.78. The number of nitrogens with zero attached hydrogens (tertiary/aromatic N) is 1. The number of sulfonamides is 1. The van der Waals surface area contributed by atoms with E-state index in [0.29, 0.717) is 28.4 Å². The molecule has 1 N–H and O–H groups in total. The maximum atomic E-state index is 12.7. The van der Waals surface area contributed by atoms with Gasteiger partial charge in [-0.3, -0.25) is 9.10 Å². The van der Waals surface area contributed by atoms with Crippen LogP contribution in [0.25, 0.3) is 0 Å². The Labute approximate surface area is 200 Å². The fourth-order valence-corrected chi connectivity index (χ4v) is 4.42. The van der Waals surface area contributed by atoms with Crippen LogP contribution < -0.4 is 14.4 Å². The second-order valence-electron chi connectivity index (χ2n) is 7.61. The largest absolute Gasteiger partial charge is 0.494 e. The number of hydrogen-bond donors (Lipinski definition) is 1. The van der Waals surface area contributed by atoms with Crippen molar-refractivity contribution in [2.24, 2.45) is 0 Å². The van der Waals surface area contributed by atoms with Crippen LogP contribution in [0, 0.1) is 0 Å². The molecule has 0 saturated carbocycles. The smallest absolute Gasteiger partial charge is 0.251 e. The highest BCUT2D eigenvalue weighted by Crippen LogP contribution is 2.25. The third-order valence-electron chi connectivity index (χ3n) is 5.13. The minimum atomic E-state index is -3.56. The molecule has 3 rings (SSSR count). The molecule has 0 saturated heterocycles. The molecule has 0 bridgehead atoms. The summed E-state index contributed by atoms with van der Waals surface area (Å²) in [5.41, 5.74) is 2.53. The van der Waals surface area contributed by atoms with Crippen LogP contribution in [0.4, 0.5) is 5.69 Å². The third-order valence-corrected chi connectivity index (χ3v) is 6.64. The van der Waals surface area contributed by atoms with Gasteiger partial charge in [-0.2, -0.15) is 0 Å². The van der Waals surface area contributed by atoms with Gasteiger partial charge in [-0.05, 0) is 67.4 Å². The molecule has 0 unspecified atom stereocenters. The Morgan fingerprint density at radius 1 is 1.03 bits per heavy atom. The van der Waals surface area contributed by atoms with E-state index < -0.39 is 10.0 Å². The van der Waals surface area contributed by atoms with Crippen molar-refractivity contribution in [3.05, 3.63) is 94.5 Å². The number of carbonyl (C=O) groups is 1.